The molecule has 0 aliphatic carbocycles. The molecular formula is C9H22N2O4S. The third kappa shape index (κ3) is 6.39. The van der Waals surface area contributed by atoms with Gasteiger partial charge in [0.25, 0.3) is 0 Å². The summed E-state index contributed by atoms with van der Waals surface area (Å²) in [4.78, 5) is 0. The summed E-state index contributed by atoms with van der Waals surface area (Å²) in [5, 5.41) is 0. The number of nitrogens with two attached hydrogens (primary N) is 1. The van der Waals surface area contributed by atoms with E-state index >= 15 is 0 Å². The van der Waals surface area contributed by atoms with Gasteiger partial charge in [0.1, 0.15) is 0 Å². The van der Waals surface area contributed by atoms with E-state index in [1.54, 1.807) is 7.11 Å². The second-order valence-electron chi connectivity index (χ2n) is 3.34. The molecule has 0 heterocycles. The zero-order chi connectivity index (χ0) is 12.4. The first kappa shape index (κ1) is 15.8. The van der Waals surface area contributed by atoms with E-state index < -0.39 is 10.0 Å². The van der Waals surface area contributed by atoms with Crippen LogP contribution in [-0.2, 0) is 19.5 Å². The van der Waals surface area contributed by atoms with E-state index in [1.807, 2.05) is 0 Å². The maximum absolute atomic E-state index is 11.9. The first-order valence-electron chi connectivity index (χ1n) is 5.24. The van der Waals surface area contributed by atoms with Crippen molar-refractivity contribution in [2.24, 2.45) is 5.73 Å². The molecule has 0 saturated carbocycles. The smallest absolute Gasteiger partial charge is 0.216 e. The van der Waals surface area contributed by atoms with Gasteiger partial charge in [-0.3, -0.25) is 0 Å². The fraction of sp³-hybridized carbons (Fsp3) is 1.00. The van der Waals surface area contributed by atoms with Gasteiger partial charge >= 0.3 is 0 Å². The predicted molar refractivity (Wildman–Crippen MR) is 62.8 cm³/mol. The monoisotopic (exact) mass is 254 g/mol. The summed E-state index contributed by atoms with van der Waals surface area (Å²) in [6.45, 7) is 1.86. The second-order valence-corrected chi connectivity index (χ2v) is 5.43. The number of rotatable bonds is 10. The summed E-state index contributed by atoms with van der Waals surface area (Å²) in [6, 6.07) is 0. The number of sulfonamides is 1. The zero-order valence-electron chi connectivity index (χ0n) is 10.0. The van der Waals surface area contributed by atoms with Crippen LogP contribution in [0.2, 0.25) is 0 Å². The highest BCUT2D eigenvalue weighted by atomic mass is 32.2. The number of ether oxygens (including phenoxy) is 2. The summed E-state index contributed by atoms with van der Waals surface area (Å²) < 4.78 is 34.8. The second kappa shape index (κ2) is 8.89. The van der Waals surface area contributed by atoms with Crippen molar-refractivity contribution in [3.63, 3.8) is 0 Å². The largest absolute Gasteiger partial charge is 0.384 e. The molecule has 0 amide bonds. The molecule has 2 N–H and O–H groups in total. The molecule has 0 aromatic carbocycles. The van der Waals surface area contributed by atoms with Crippen molar-refractivity contribution in [1.29, 1.82) is 0 Å². The molecule has 0 aromatic heterocycles. The van der Waals surface area contributed by atoms with Crippen LogP contribution in [0.4, 0.5) is 0 Å². The van der Waals surface area contributed by atoms with E-state index in [0.717, 1.165) is 0 Å². The molecule has 6 nitrogen and oxygen atoms in total. The van der Waals surface area contributed by atoms with Crippen LogP contribution in [0.1, 0.15) is 6.42 Å². The van der Waals surface area contributed by atoms with Crippen LogP contribution in [0.15, 0.2) is 0 Å². The Hall–Kier alpha value is -0.210. The molecule has 98 valence electrons. The van der Waals surface area contributed by atoms with Crippen LogP contribution in [-0.4, -0.2) is 65.5 Å². The molecule has 7 heteroatoms. The summed E-state index contributed by atoms with van der Waals surface area (Å²) in [6.07, 6.45) is 0.649. The lowest BCUT2D eigenvalue weighted by molar-refractivity contribution is 0.177. The average Bonchev–Trinajstić information content (AvgIpc) is 2.26. The normalized spacial score (nSPS) is 12.2. The van der Waals surface area contributed by atoms with Crippen molar-refractivity contribution in [1.82, 2.24) is 4.31 Å². The minimum absolute atomic E-state index is 0.00220. The molecular weight excluding hydrogens is 232 g/mol. The van der Waals surface area contributed by atoms with Crippen LogP contribution >= 0.6 is 0 Å². The van der Waals surface area contributed by atoms with Gasteiger partial charge in [0, 0.05) is 27.3 Å². The molecule has 0 fully saturated rings. The predicted octanol–water partition coefficient (Wildman–Crippen LogP) is -0.740. The van der Waals surface area contributed by atoms with Gasteiger partial charge < -0.3 is 15.2 Å². The minimum Gasteiger partial charge on any atom is -0.384 e. The number of nitrogens with zero attached hydrogens (tertiary/aromatic N) is 1. The van der Waals surface area contributed by atoms with E-state index in [1.165, 1.54) is 11.4 Å². The van der Waals surface area contributed by atoms with Crippen molar-refractivity contribution >= 4 is 10.0 Å². The van der Waals surface area contributed by atoms with Gasteiger partial charge in [0.05, 0.1) is 19.0 Å². The summed E-state index contributed by atoms with van der Waals surface area (Å²) in [5.41, 5.74) is 5.37. The van der Waals surface area contributed by atoms with Gasteiger partial charge in [-0.05, 0) is 13.0 Å². The van der Waals surface area contributed by atoms with Crippen LogP contribution in [0.25, 0.3) is 0 Å². The molecule has 0 radical (unpaired) electrons. The van der Waals surface area contributed by atoms with Gasteiger partial charge in [-0.1, -0.05) is 0 Å². The van der Waals surface area contributed by atoms with E-state index in [-0.39, 0.29) is 12.4 Å². The average molecular weight is 254 g/mol. The first-order chi connectivity index (χ1) is 7.58. The first-order valence-corrected chi connectivity index (χ1v) is 6.85. The Balaban J connectivity index is 4.33. The van der Waals surface area contributed by atoms with Crippen LogP contribution in [0, 0.1) is 0 Å². The van der Waals surface area contributed by atoms with Crippen LogP contribution in [0.3, 0.4) is 0 Å². The summed E-state index contributed by atoms with van der Waals surface area (Å²) >= 11 is 0. The minimum atomic E-state index is -3.26. The molecule has 0 atom stereocenters. The standard InChI is InChI=1S/C9H22N2O4S/c1-14-7-6-11(5-3-4-10)16(12,13)9-8-15-2/h3-10H2,1-2H3. The Kier molecular flexibility index (Phi) is 8.77. The number of hydrogen-bond donors (Lipinski definition) is 1. The van der Waals surface area contributed by atoms with E-state index in [2.05, 4.69) is 0 Å². The third-order valence-electron chi connectivity index (χ3n) is 2.10. The highest BCUT2D eigenvalue weighted by Crippen LogP contribution is 2.02. The van der Waals surface area contributed by atoms with Crippen molar-refractivity contribution in [2.45, 2.75) is 6.42 Å². The molecule has 16 heavy (non-hydrogen) atoms. The molecule has 0 unspecified atom stereocenters. The zero-order valence-corrected chi connectivity index (χ0v) is 10.8. The molecule has 0 spiro atoms. The Morgan fingerprint density at radius 3 is 2.25 bits per heavy atom. The molecule has 0 rings (SSSR count). The number of hydrogen-bond acceptors (Lipinski definition) is 5. The fourth-order valence-corrected chi connectivity index (χ4v) is 2.56. The Morgan fingerprint density at radius 1 is 1.12 bits per heavy atom. The maximum Gasteiger partial charge on any atom is 0.216 e. The highest BCUT2D eigenvalue weighted by molar-refractivity contribution is 7.89. The fourth-order valence-electron chi connectivity index (χ4n) is 1.17. The Bertz CT molecular complexity index is 248. The SMILES string of the molecule is COCCN(CCCN)S(=O)(=O)CCOC. The summed E-state index contributed by atoms with van der Waals surface area (Å²) in [5.74, 6) is -0.00220. The maximum atomic E-state index is 11.9. The van der Waals surface area contributed by atoms with Crippen molar-refractivity contribution < 1.29 is 17.9 Å². The lowest BCUT2D eigenvalue weighted by Crippen LogP contribution is -2.38. The van der Waals surface area contributed by atoms with E-state index in [9.17, 15) is 8.42 Å². The number of methoxy groups -OCH3 is 2. The quantitative estimate of drug-likeness (QED) is 0.555. The van der Waals surface area contributed by atoms with Gasteiger partial charge in [-0.15, -0.1) is 0 Å². The van der Waals surface area contributed by atoms with Gasteiger partial charge in [-0.25, -0.2) is 8.42 Å². The molecule has 0 bridgehead atoms. The van der Waals surface area contributed by atoms with E-state index in [4.69, 9.17) is 15.2 Å². The Morgan fingerprint density at radius 2 is 1.75 bits per heavy atom. The van der Waals surface area contributed by atoms with Crippen LogP contribution in [0.5, 0.6) is 0 Å². The third-order valence-corrected chi connectivity index (χ3v) is 3.93. The lowest BCUT2D eigenvalue weighted by atomic mass is 10.4. The van der Waals surface area contributed by atoms with Gasteiger partial charge in [0.15, 0.2) is 0 Å². The Labute approximate surface area is 97.7 Å². The summed E-state index contributed by atoms with van der Waals surface area (Å²) in [7, 11) is -0.231. The van der Waals surface area contributed by atoms with Gasteiger partial charge in [-0.2, -0.15) is 4.31 Å². The van der Waals surface area contributed by atoms with E-state index in [0.29, 0.717) is 32.7 Å². The molecule has 0 aliphatic heterocycles. The van der Waals surface area contributed by atoms with Gasteiger partial charge in [0.2, 0.25) is 10.0 Å². The van der Waals surface area contributed by atoms with Crippen LogP contribution < -0.4 is 5.73 Å². The molecule has 0 aliphatic rings. The van der Waals surface area contributed by atoms with Crippen molar-refractivity contribution in [2.75, 3.05) is 52.8 Å². The lowest BCUT2D eigenvalue weighted by Gasteiger charge is -2.21. The van der Waals surface area contributed by atoms with Crippen molar-refractivity contribution in [3.8, 4) is 0 Å². The molecule has 0 saturated heterocycles. The molecule has 0 aromatic rings. The highest BCUT2D eigenvalue weighted by Gasteiger charge is 2.20. The van der Waals surface area contributed by atoms with Crippen molar-refractivity contribution in [3.05, 3.63) is 0 Å². The topological polar surface area (TPSA) is 81.9 Å².